The molecule has 328 valence electrons. The average Bonchev–Trinajstić information content (AvgIpc) is 3.56. The SMILES string of the molecule is CCCCCCCC/C=C\CCCCCCCC1(CCCCCCC/C=C\CCCCCCCC)C=NC(C(=O)OCC)N1CCCN(CCCC)CCCC. The molecule has 1 heterocycles. The Bertz CT molecular complexity index is 897. The molecule has 0 saturated heterocycles. The molecular weight excluding hydrogens is 687 g/mol. The summed E-state index contributed by atoms with van der Waals surface area (Å²) in [6.45, 7) is 15.9. The Labute approximate surface area is 350 Å². The van der Waals surface area contributed by atoms with E-state index in [1.807, 2.05) is 6.92 Å². The minimum atomic E-state index is -0.485. The summed E-state index contributed by atoms with van der Waals surface area (Å²) < 4.78 is 5.63. The number of esters is 1. The van der Waals surface area contributed by atoms with E-state index >= 15 is 0 Å². The van der Waals surface area contributed by atoms with Crippen molar-refractivity contribution >= 4 is 12.2 Å². The second-order valence-corrected chi connectivity index (χ2v) is 17.3. The molecule has 0 bridgehead atoms. The predicted molar refractivity (Wildman–Crippen MR) is 248 cm³/mol. The number of allylic oxidation sites excluding steroid dienone is 4. The third kappa shape index (κ3) is 27.3. The second kappa shape index (κ2) is 39.0. The highest BCUT2D eigenvalue weighted by molar-refractivity contribution is 5.84. The van der Waals surface area contributed by atoms with Crippen LogP contribution in [0.4, 0.5) is 0 Å². The van der Waals surface area contributed by atoms with Crippen molar-refractivity contribution in [2.75, 3.05) is 32.8 Å². The zero-order valence-electron chi connectivity index (χ0n) is 38.5. The first kappa shape index (κ1) is 52.6. The normalized spacial score (nSPS) is 15.7. The van der Waals surface area contributed by atoms with Gasteiger partial charge in [-0.25, -0.2) is 4.79 Å². The minimum Gasteiger partial charge on any atom is -0.463 e. The van der Waals surface area contributed by atoms with Crippen LogP contribution in [0.3, 0.4) is 0 Å². The van der Waals surface area contributed by atoms with Crippen molar-refractivity contribution in [1.29, 1.82) is 0 Å². The van der Waals surface area contributed by atoms with E-state index in [0.29, 0.717) is 6.61 Å². The highest BCUT2D eigenvalue weighted by Gasteiger charge is 2.45. The maximum Gasteiger partial charge on any atom is 0.346 e. The van der Waals surface area contributed by atoms with E-state index in [4.69, 9.17) is 9.73 Å². The first-order valence-corrected chi connectivity index (χ1v) is 25.1. The Kier molecular flexibility index (Phi) is 36.6. The zero-order chi connectivity index (χ0) is 40.6. The number of carbonyl (C=O) groups is 1. The first-order chi connectivity index (χ1) is 27.6. The fraction of sp³-hybridized carbons (Fsp3) is 0.882. The smallest absolute Gasteiger partial charge is 0.346 e. The molecule has 0 aromatic carbocycles. The van der Waals surface area contributed by atoms with E-state index in [0.717, 1.165) is 32.4 Å². The minimum absolute atomic E-state index is 0.131. The lowest BCUT2D eigenvalue weighted by Gasteiger charge is -2.40. The van der Waals surface area contributed by atoms with Crippen LogP contribution in [-0.2, 0) is 9.53 Å². The molecule has 0 saturated carbocycles. The number of hydrogen-bond donors (Lipinski definition) is 0. The molecule has 0 fully saturated rings. The number of carbonyl (C=O) groups excluding carboxylic acids is 1. The molecule has 0 radical (unpaired) electrons. The van der Waals surface area contributed by atoms with Crippen molar-refractivity contribution in [3.05, 3.63) is 24.3 Å². The van der Waals surface area contributed by atoms with Crippen molar-refractivity contribution < 1.29 is 9.53 Å². The van der Waals surface area contributed by atoms with E-state index in [9.17, 15) is 4.79 Å². The first-order valence-electron chi connectivity index (χ1n) is 25.1. The molecular formula is C51H97N3O2. The van der Waals surface area contributed by atoms with E-state index in [-0.39, 0.29) is 11.5 Å². The van der Waals surface area contributed by atoms with Crippen molar-refractivity contribution in [3.8, 4) is 0 Å². The van der Waals surface area contributed by atoms with Gasteiger partial charge in [0.2, 0.25) is 6.17 Å². The van der Waals surface area contributed by atoms with Crippen molar-refractivity contribution in [1.82, 2.24) is 9.80 Å². The molecule has 1 aliphatic heterocycles. The van der Waals surface area contributed by atoms with Gasteiger partial charge in [0.15, 0.2) is 0 Å². The van der Waals surface area contributed by atoms with Crippen LogP contribution in [0.1, 0.15) is 247 Å². The number of hydrogen-bond acceptors (Lipinski definition) is 5. The molecule has 0 aliphatic carbocycles. The van der Waals surface area contributed by atoms with E-state index in [1.165, 1.54) is 206 Å². The molecule has 0 amide bonds. The summed E-state index contributed by atoms with van der Waals surface area (Å²) in [5.74, 6) is -0.159. The molecule has 0 aromatic rings. The number of ether oxygens (including phenoxy) is 1. The summed E-state index contributed by atoms with van der Waals surface area (Å²) in [7, 11) is 0. The van der Waals surface area contributed by atoms with Gasteiger partial charge in [-0.05, 0) is 110 Å². The highest BCUT2D eigenvalue weighted by atomic mass is 16.5. The maximum absolute atomic E-state index is 13.4. The Hall–Kier alpha value is -1.46. The van der Waals surface area contributed by atoms with Crippen LogP contribution >= 0.6 is 0 Å². The molecule has 56 heavy (non-hydrogen) atoms. The van der Waals surface area contributed by atoms with Crippen molar-refractivity contribution in [2.24, 2.45) is 4.99 Å². The highest BCUT2D eigenvalue weighted by Crippen LogP contribution is 2.35. The Morgan fingerprint density at radius 2 is 0.911 bits per heavy atom. The van der Waals surface area contributed by atoms with Gasteiger partial charge < -0.3 is 9.64 Å². The van der Waals surface area contributed by atoms with Crippen LogP contribution in [-0.4, -0.2) is 66.5 Å². The standard InChI is InChI=1S/C51H97N3O2/c1-6-11-15-17-19-21-23-25-27-29-31-33-35-37-39-42-51(43-40-38-36-34-32-30-28-26-24-22-20-18-16-12-7-2)48-52-49(50(55)56-10-5)54(51)47-41-46-53(44-13-8-3)45-14-9-4/h25-28,48-49H,6-24,29-47H2,1-5H3/b27-25-,28-26-. The fourth-order valence-corrected chi connectivity index (χ4v) is 8.47. The topological polar surface area (TPSA) is 45.1 Å². The number of aliphatic imine (C=N–C) groups is 1. The van der Waals surface area contributed by atoms with Gasteiger partial charge in [-0.15, -0.1) is 0 Å². The molecule has 5 heteroatoms. The summed E-state index contributed by atoms with van der Waals surface area (Å²) in [5, 5.41) is 0. The predicted octanol–water partition coefficient (Wildman–Crippen LogP) is 15.4. The number of rotatable bonds is 42. The van der Waals surface area contributed by atoms with E-state index in [2.05, 4.69) is 68.0 Å². The molecule has 1 rings (SSSR count). The van der Waals surface area contributed by atoms with Gasteiger partial charge in [0.1, 0.15) is 0 Å². The molecule has 0 N–H and O–H groups in total. The summed E-state index contributed by atoms with van der Waals surface area (Å²) >= 11 is 0. The molecule has 1 unspecified atom stereocenters. The van der Waals surface area contributed by atoms with Crippen LogP contribution in [0.2, 0.25) is 0 Å². The Morgan fingerprint density at radius 3 is 1.32 bits per heavy atom. The van der Waals surface area contributed by atoms with Gasteiger partial charge in [-0.3, -0.25) is 9.89 Å². The number of unbranched alkanes of at least 4 members (excludes halogenated alkanes) is 24. The summed E-state index contributed by atoms with van der Waals surface area (Å²) in [6.07, 6.45) is 54.1. The van der Waals surface area contributed by atoms with Crippen LogP contribution in [0.5, 0.6) is 0 Å². The molecule has 5 nitrogen and oxygen atoms in total. The summed E-state index contributed by atoms with van der Waals surface area (Å²) in [4.78, 5) is 23.5. The van der Waals surface area contributed by atoms with Gasteiger partial charge in [0.25, 0.3) is 0 Å². The lowest BCUT2D eigenvalue weighted by Crippen LogP contribution is -2.53. The van der Waals surface area contributed by atoms with Crippen LogP contribution in [0.25, 0.3) is 0 Å². The summed E-state index contributed by atoms with van der Waals surface area (Å²) in [5.41, 5.74) is -0.131. The molecule has 1 aliphatic rings. The average molecular weight is 784 g/mol. The lowest BCUT2D eigenvalue weighted by molar-refractivity contribution is -0.150. The van der Waals surface area contributed by atoms with Gasteiger partial charge in [0.05, 0.1) is 12.1 Å². The summed E-state index contributed by atoms with van der Waals surface area (Å²) in [6, 6.07) is 0. The third-order valence-corrected chi connectivity index (χ3v) is 12.1. The zero-order valence-corrected chi connectivity index (χ0v) is 38.5. The van der Waals surface area contributed by atoms with E-state index < -0.39 is 6.17 Å². The van der Waals surface area contributed by atoms with Crippen molar-refractivity contribution in [3.63, 3.8) is 0 Å². The Balaban J connectivity index is 2.71. The largest absolute Gasteiger partial charge is 0.463 e. The lowest BCUT2D eigenvalue weighted by atomic mass is 9.85. The molecule has 0 spiro atoms. The van der Waals surface area contributed by atoms with Gasteiger partial charge in [-0.2, -0.15) is 0 Å². The molecule has 1 atom stereocenters. The second-order valence-electron chi connectivity index (χ2n) is 17.3. The van der Waals surface area contributed by atoms with Gasteiger partial charge >= 0.3 is 5.97 Å². The van der Waals surface area contributed by atoms with Crippen molar-refractivity contribution in [2.45, 2.75) is 258 Å². The van der Waals surface area contributed by atoms with Crippen LogP contribution in [0.15, 0.2) is 29.3 Å². The number of nitrogens with zero attached hydrogens (tertiary/aromatic N) is 3. The van der Waals surface area contributed by atoms with Gasteiger partial charge in [-0.1, -0.05) is 180 Å². The van der Waals surface area contributed by atoms with E-state index in [1.54, 1.807) is 0 Å². The monoisotopic (exact) mass is 784 g/mol. The molecule has 0 aromatic heterocycles. The quantitative estimate of drug-likeness (QED) is 0.0351. The van der Waals surface area contributed by atoms with Crippen LogP contribution in [0, 0.1) is 0 Å². The van der Waals surface area contributed by atoms with Gasteiger partial charge in [0, 0.05) is 12.8 Å². The maximum atomic E-state index is 13.4. The fourth-order valence-electron chi connectivity index (χ4n) is 8.47. The third-order valence-electron chi connectivity index (χ3n) is 12.1. The Morgan fingerprint density at radius 1 is 0.536 bits per heavy atom. The van der Waals surface area contributed by atoms with Crippen LogP contribution < -0.4 is 0 Å².